The van der Waals surface area contributed by atoms with E-state index in [0.29, 0.717) is 25.9 Å². The van der Waals surface area contributed by atoms with Crippen molar-refractivity contribution >= 4 is 11.9 Å². The van der Waals surface area contributed by atoms with Gasteiger partial charge in [0.2, 0.25) is 5.91 Å². The maximum absolute atomic E-state index is 11.8. The van der Waals surface area contributed by atoms with Gasteiger partial charge in [-0.15, -0.1) is 0 Å². The molecule has 1 amide bonds. The van der Waals surface area contributed by atoms with Gasteiger partial charge in [0.1, 0.15) is 0 Å². The van der Waals surface area contributed by atoms with E-state index in [4.69, 9.17) is 10.8 Å². The normalized spacial score (nSPS) is 13.1. The summed E-state index contributed by atoms with van der Waals surface area (Å²) in [7, 11) is 0. The molecule has 0 aromatic carbocycles. The maximum atomic E-state index is 11.8. The zero-order valence-electron chi connectivity index (χ0n) is 11.7. The van der Waals surface area contributed by atoms with E-state index < -0.39 is 5.97 Å². The van der Waals surface area contributed by atoms with Gasteiger partial charge in [0, 0.05) is 19.5 Å². The molecule has 5 nitrogen and oxygen atoms in total. The Morgan fingerprint density at radius 1 is 1.28 bits per heavy atom. The Labute approximate surface area is 109 Å². The Morgan fingerprint density at radius 2 is 1.89 bits per heavy atom. The Kier molecular flexibility index (Phi) is 7.59. The second kappa shape index (κ2) is 8.08. The van der Waals surface area contributed by atoms with Crippen LogP contribution in [0.3, 0.4) is 0 Å². The summed E-state index contributed by atoms with van der Waals surface area (Å²) in [4.78, 5) is 22.1. The second-order valence-electron chi connectivity index (χ2n) is 5.84. The molecule has 106 valence electrons. The Bertz CT molecular complexity index is 272. The molecule has 0 aromatic heterocycles. The lowest BCUT2D eigenvalue weighted by molar-refractivity contribution is -0.137. The summed E-state index contributed by atoms with van der Waals surface area (Å²) in [5, 5.41) is 11.3. The summed E-state index contributed by atoms with van der Waals surface area (Å²) >= 11 is 0. The highest BCUT2D eigenvalue weighted by atomic mass is 16.4. The quantitative estimate of drug-likeness (QED) is 0.573. The van der Waals surface area contributed by atoms with Gasteiger partial charge in [0.05, 0.1) is 5.92 Å². The van der Waals surface area contributed by atoms with Gasteiger partial charge in [0.15, 0.2) is 0 Å². The van der Waals surface area contributed by atoms with Gasteiger partial charge in [-0.25, -0.2) is 0 Å². The van der Waals surface area contributed by atoms with Crippen LogP contribution in [0.25, 0.3) is 0 Å². The van der Waals surface area contributed by atoms with Crippen LogP contribution in [0.1, 0.15) is 46.5 Å². The molecule has 5 heteroatoms. The van der Waals surface area contributed by atoms with Crippen molar-refractivity contribution in [2.75, 3.05) is 13.1 Å². The molecule has 0 rings (SSSR count). The van der Waals surface area contributed by atoms with E-state index in [2.05, 4.69) is 26.1 Å². The molecule has 0 aliphatic rings. The molecule has 0 saturated heterocycles. The Morgan fingerprint density at radius 3 is 2.33 bits per heavy atom. The third-order valence-electron chi connectivity index (χ3n) is 2.63. The van der Waals surface area contributed by atoms with Gasteiger partial charge >= 0.3 is 5.97 Å². The first kappa shape index (κ1) is 16.9. The monoisotopic (exact) mass is 258 g/mol. The van der Waals surface area contributed by atoms with Crippen molar-refractivity contribution < 1.29 is 14.7 Å². The summed E-state index contributed by atoms with van der Waals surface area (Å²) in [5.74, 6) is -0.985. The largest absolute Gasteiger partial charge is 0.481 e. The van der Waals surface area contributed by atoms with Crippen LogP contribution in [0.15, 0.2) is 0 Å². The lowest BCUT2D eigenvalue weighted by atomic mass is 9.84. The van der Waals surface area contributed by atoms with Crippen molar-refractivity contribution in [3.63, 3.8) is 0 Å². The fourth-order valence-electron chi connectivity index (χ4n) is 1.78. The topological polar surface area (TPSA) is 92.4 Å². The number of amides is 1. The number of aliphatic carboxylic acids is 1. The number of carbonyl (C=O) groups is 2. The van der Waals surface area contributed by atoms with Crippen LogP contribution in [0, 0.1) is 11.3 Å². The molecule has 18 heavy (non-hydrogen) atoms. The highest BCUT2D eigenvalue weighted by molar-refractivity contribution is 5.78. The molecule has 0 aliphatic heterocycles. The van der Waals surface area contributed by atoms with Crippen LogP contribution >= 0.6 is 0 Å². The van der Waals surface area contributed by atoms with Gasteiger partial charge in [0.25, 0.3) is 0 Å². The smallest absolute Gasteiger partial charge is 0.303 e. The van der Waals surface area contributed by atoms with Gasteiger partial charge in [-0.3, -0.25) is 9.59 Å². The van der Waals surface area contributed by atoms with Crippen molar-refractivity contribution in [1.29, 1.82) is 0 Å². The average Bonchev–Trinajstić information content (AvgIpc) is 2.23. The van der Waals surface area contributed by atoms with E-state index in [0.717, 1.165) is 6.42 Å². The van der Waals surface area contributed by atoms with Crippen LogP contribution in [0.4, 0.5) is 0 Å². The van der Waals surface area contributed by atoms with Crippen molar-refractivity contribution in [2.24, 2.45) is 17.1 Å². The lowest BCUT2D eigenvalue weighted by Gasteiger charge is -2.24. The van der Waals surface area contributed by atoms with E-state index in [1.54, 1.807) is 0 Å². The number of nitrogens with two attached hydrogens (primary N) is 1. The van der Waals surface area contributed by atoms with Gasteiger partial charge in [-0.05, 0) is 24.7 Å². The van der Waals surface area contributed by atoms with E-state index in [9.17, 15) is 9.59 Å². The second-order valence-corrected chi connectivity index (χ2v) is 5.84. The van der Waals surface area contributed by atoms with Gasteiger partial charge in [-0.1, -0.05) is 20.8 Å². The van der Waals surface area contributed by atoms with Crippen LogP contribution in [-0.2, 0) is 9.59 Å². The van der Waals surface area contributed by atoms with Crippen LogP contribution < -0.4 is 11.1 Å². The van der Waals surface area contributed by atoms with Crippen molar-refractivity contribution in [3.8, 4) is 0 Å². The third-order valence-corrected chi connectivity index (χ3v) is 2.63. The molecule has 0 spiro atoms. The van der Waals surface area contributed by atoms with Crippen LogP contribution in [0.2, 0.25) is 0 Å². The standard InChI is InChI=1S/C13H26N2O3/c1-13(2,3)8-10(9-14)12(18)15-7-5-4-6-11(16)17/h10H,4-9,14H2,1-3H3,(H,15,18)(H,16,17). The van der Waals surface area contributed by atoms with Crippen LogP contribution in [-0.4, -0.2) is 30.1 Å². The zero-order valence-corrected chi connectivity index (χ0v) is 11.7. The first-order valence-electron chi connectivity index (χ1n) is 6.46. The molecule has 0 saturated carbocycles. The van der Waals surface area contributed by atoms with Crippen molar-refractivity contribution in [1.82, 2.24) is 5.32 Å². The molecule has 0 fully saturated rings. The summed E-state index contributed by atoms with van der Waals surface area (Å²) in [6.45, 7) is 7.10. The number of nitrogens with one attached hydrogen (secondary N) is 1. The van der Waals surface area contributed by atoms with Gasteiger partial charge in [-0.2, -0.15) is 0 Å². The number of unbranched alkanes of at least 4 members (excludes halogenated alkanes) is 1. The fraction of sp³-hybridized carbons (Fsp3) is 0.846. The van der Waals surface area contributed by atoms with E-state index in [1.165, 1.54) is 0 Å². The SMILES string of the molecule is CC(C)(C)CC(CN)C(=O)NCCCCC(=O)O. The molecule has 0 aliphatic carbocycles. The van der Waals surface area contributed by atoms with Crippen LogP contribution in [0.5, 0.6) is 0 Å². The summed E-state index contributed by atoms with van der Waals surface area (Å²) in [5.41, 5.74) is 5.69. The molecule has 1 unspecified atom stereocenters. The molecule has 0 aromatic rings. The first-order valence-corrected chi connectivity index (χ1v) is 6.46. The molecule has 0 bridgehead atoms. The van der Waals surface area contributed by atoms with E-state index in [1.807, 2.05) is 0 Å². The Balaban J connectivity index is 3.88. The summed E-state index contributed by atoms with van der Waals surface area (Å²) in [6.07, 6.45) is 2.18. The van der Waals surface area contributed by atoms with Crippen molar-refractivity contribution in [2.45, 2.75) is 46.5 Å². The number of rotatable bonds is 8. The Hall–Kier alpha value is -1.10. The third kappa shape index (κ3) is 8.98. The van der Waals surface area contributed by atoms with E-state index >= 15 is 0 Å². The minimum Gasteiger partial charge on any atom is -0.481 e. The molecular formula is C13H26N2O3. The van der Waals surface area contributed by atoms with Gasteiger partial charge < -0.3 is 16.2 Å². The lowest BCUT2D eigenvalue weighted by Crippen LogP contribution is -2.37. The number of carbonyl (C=O) groups excluding carboxylic acids is 1. The first-order chi connectivity index (χ1) is 8.26. The zero-order chi connectivity index (χ0) is 14.2. The number of carboxylic acids is 1. The summed E-state index contributed by atoms with van der Waals surface area (Å²) < 4.78 is 0. The fourth-order valence-corrected chi connectivity index (χ4v) is 1.78. The predicted molar refractivity (Wildman–Crippen MR) is 71.1 cm³/mol. The number of hydrogen-bond donors (Lipinski definition) is 3. The number of carboxylic acid groups (broad SMARTS) is 1. The molecule has 1 atom stereocenters. The minimum absolute atomic E-state index is 0.0252. The minimum atomic E-state index is -0.797. The van der Waals surface area contributed by atoms with E-state index in [-0.39, 0.29) is 23.7 Å². The number of hydrogen-bond acceptors (Lipinski definition) is 3. The van der Waals surface area contributed by atoms with Crippen molar-refractivity contribution in [3.05, 3.63) is 0 Å². The molecule has 4 N–H and O–H groups in total. The summed E-state index contributed by atoms with van der Waals surface area (Å²) in [6, 6.07) is 0. The highest BCUT2D eigenvalue weighted by Gasteiger charge is 2.23. The molecule has 0 radical (unpaired) electrons. The average molecular weight is 258 g/mol. The molecular weight excluding hydrogens is 232 g/mol. The molecule has 0 heterocycles. The highest BCUT2D eigenvalue weighted by Crippen LogP contribution is 2.23. The predicted octanol–water partition coefficient (Wildman–Crippen LogP) is 1.37. The maximum Gasteiger partial charge on any atom is 0.303 e.